The van der Waals surface area contributed by atoms with Gasteiger partial charge in [0, 0.05) is 26.2 Å². The molecule has 0 aromatic heterocycles. The largest absolute Gasteiger partial charge is 0.366 e. The highest BCUT2D eigenvalue weighted by Gasteiger charge is 2.22. The molecule has 2 atom stereocenters. The van der Waals surface area contributed by atoms with E-state index in [1.165, 1.54) is 32.4 Å². The molecule has 0 aromatic rings. The van der Waals surface area contributed by atoms with Crippen molar-refractivity contribution in [2.75, 3.05) is 45.9 Å². The predicted molar refractivity (Wildman–Crippen MR) is 75.1 cm³/mol. The van der Waals surface area contributed by atoms with E-state index in [-0.39, 0.29) is 12.0 Å². The summed E-state index contributed by atoms with van der Waals surface area (Å²) in [6, 6.07) is 0. The number of piperidine rings is 1. The number of ether oxygens (including phenoxy) is 1. The summed E-state index contributed by atoms with van der Waals surface area (Å²) in [6.45, 7) is 8.57. The van der Waals surface area contributed by atoms with Gasteiger partial charge >= 0.3 is 0 Å². The predicted octanol–water partition coefficient (Wildman–Crippen LogP) is 0.213. The third kappa shape index (κ3) is 5.09. The van der Waals surface area contributed by atoms with Gasteiger partial charge in [0.15, 0.2) is 0 Å². The van der Waals surface area contributed by atoms with E-state index in [4.69, 9.17) is 4.74 Å². The summed E-state index contributed by atoms with van der Waals surface area (Å²) in [5.41, 5.74) is 0. The molecule has 0 saturated carbocycles. The van der Waals surface area contributed by atoms with Gasteiger partial charge in [-0.15, -0.1) is 0 Å². The molecule has 0 radical (unpaired) electrons. The van der Waals surface area contributed by atoms with Crippen LogP contribution in [0.25, 0.3) is 0 Å². The second kappa shape index (κ2) is 7.82. The number of morpholine rings is 1. The van der Waals surface area contributed by atoms with E-state index in [2.05, 4.69) is 22.5 Å². The Morgan fingerprint density at radius 1 is 1.42 bits per heavy atom. The van der Waals surface area contributed by atoms with E-state index in [0.717, 1.165) is 19.6 Å². The molecular weight excluding hydrogens is 242 g/mol. The Bertz CT molecular complexity index is 274. The van der Waals surface area contributed by atoms with Crippen LogP contribution in [-0.2, 0) is 9.53 Å². The number of amides is 1. The summed E-state index contributed by atoms with van der Waals surface area (Å²) in [7, 11) is 0. The molecule has 1 amide bonds. The van der Waals surface area contributed by atoms with Gasteiger partial charge in [-0.3, -0.25) is 4.79 Å². The summed E-state index contributed by atoms with van der Waals surface area (Å²) in [4.78, 5) is 14.4. The van der Waals surface area contributed by atoms with Crippen LogP contribution in [0.5, 0.6) is 0 Å². The Morgan fingerprint density at radius 2 is 2.21 bits per heavy atom. The molecule has 2 fully saturated rings. The van der Waals surface area contributed by atoms with Crippen molar-refractivity contribution in [2.24, 2.45) is 5.92 Å². The van der Waals surface area contributed by atoms with Crippen molar-refractivity contribution in [2.45, 2.75) is 32.3 Å². The maximum atomic E-state index is 11.9. The average molecular weight is 269 g/mol. The summed E-state index contributed by atoms with van der Waals surface area (Å²) in [5.74, 6) is 0.524. The van der Waals surface area contributed by atoms with E-state index in [9.17, 15) is 4.79 Å². The summed E-state index contributed by atoms with van der Waals surface area (Å²) >= 11 is 0. The van der Waals surface area contributed by atoms with Crippen molar-refractivity contribution >= 4 is 5.91 Å². The van der Waals surface area contributed by atoms with E-state index in [1.807, 2.05) is 0 Å². The van der Waals surface area contributed by atoms with Gasteiger partial charge in [-0.25, -0.2) is 0 Å². The first kappa shape index (κ1) is 14.8. The highest BCUT2D eigenvalue weighted by Crippen LogP contribution is 2.10. The third-order valence-electron chi connectivity index (χ3n) is 3.86. The number of rotatable bonds is 5. The number of hydrogen-bond donors (Lipinski definition) is 2. The number of hydrogen-bond acceptors (Lipinski definition) is 4. The minimum atomic E-state index is -0.309. The molecule has 2 saturated heterocycles. The highest BCUT2D eigenvalue weighted by molar-refractivity contribution is 5.81. The lowest BCUT2D eigenvalue weighted by molar-refractivity contribution is -0.134. The molecule has 2 heterocycles. The van der Waals surface area contributed by atoms with Gasteiger partial charge in [0.25, 0.3) is 0 Å². The molecular formula is C14H27N3O2. The van der Waals surface area contributed by atoms with Gasteiger partial charge < -0.3 is 20.3 Å². The molecule has 2 aliphatic heterocycles. The van der Waals surface area contributed by atoms with Crippen LogP contribution in [0, 0.1) is 5.92 Å². The molecule has 5 heteroatoms. The van der Waals surface area contributed by atoms with Gasteiger partial charge in [0.2, 0.25) is 5.91 Å². The molecule has 5 nitrogen and oxygen atoms in total. The zero-order valence-electron chi connectivity index (χ0n) is 12.0. The fraction of sp³-hybridized carbons (Fsp3) is 0.929. The van der Waals surface area contributed by atoms with Crippen molar-refractivity contribution < 1.29 is 9.53 Å². The van der Waals surface area contributed by atoms with Crippen LogP contribution in [0.4, 0.5) is 0 Å². The van der Waals surface area contributed by atoms with E-state index in [1.54, 1.807) is 0 Å². The molecule has 2 rings (SSSR count). The minimum Gasteiger partial charge on any atom is -0.366 e. The summed E-state index contributed by atoms with van der Waals surface area (Å²) in [6.07, 6.45) is 3.70. The number of carbonyl (C=O) groups excluding carboxylic acids is 1. The van der Waals surface area contributed by atoms with Gasteiger partial charge in [0.05, 0.1) is 6.61 Å². The zero-order valence-corrected chi connectivity index (χ0v) is 12.0. The molecule has 0 aromatic carbocycles. The lowest BCUT2D eigenvalue weighted by Gasteiger charge is -2.29. The first-order valence-corrected chi connectivity index (χ1v) is 7.58. The monoisotopic (exact) mass is 269 g/mol. The number of nitrogens with zero attached hydrogens (tertiary/aromatic N) is 1. The normalized spacial score (nSPS) is 26.9. The van der Waals surface area contributed by atoms with Crippen LogP contribution in [0.15, 0.2) is 0 Å². The van der Waals surface area contributed by atoms with Crippen molar-refractivity contribution in [3.63, 3.8) is 0 Å². The molecule has 2 aliphatic rings. The van der Waals surface area contributed by atoms with Crippen LogP contribution in [0.2, 0.25) is 0 Å². The molecule has 2 N–H and O–H groups in total. The van der Waals surface area contributed by atoms with Gasteiger partial charge in [-0.2, -0.15) is 0 Å². The number of likely N-dealkylation sites (tertiary alicyclic amines) is 1. The van der Waals surface area contributed by atoms with Gasteiger partial charge in [0.1, 0.15) is 6.10 Å². The Hall–Kier alpha value is -0.650. The summed E-state index contributed by atoms with van der Waals surface area (Å²) < 4.78 is 5.44. The number of carbonyl (C=O) groups is 1. The Morgan fingerprint density at radius 3 is 2.89 bits per heavy atom. The first-order chi connectivity index (χ1) is 9.25. The molecule has 0 bridgehead atoms. The standard InChI is InChI=1S/C14H27N3O2/c1-12(11-17-6-3-2-4-7-17)9-16-14(18)13-10-15-5-8-19-13/h12-13,15H,2-11H2,1H3,(H,16,18). The second-order valence-electron chi connectivity index (χ2n) is 5.78. The van der Waals surface area contributed by atoms with Crippen molar-refractivity contribution in [1.29, 1.82) is 0 Å². The molecule has 0 spiro atoms. The van der Waals surface area contributed by atoms with Crippen molar-refractivity contribution in [3.8, 4) is 0 Å². The zero-order chi connectivity index (χ0) is 13.5. The van der Waals surface area contributed by atoms with Crippen LogP contribution in [0.3, 0.4) is 0 Å². The first-order valence-electron chi connectivity index (χ1n) is 7.58. The van der Waals surface area contributed by atoms with Crippen molar-refractivity contribution in [3.05, 3.63) is 0 Å². The Kier molecular flexibility index (Phi) is 6.07. The minimum absolute atomic E-state index is 0.0256. The van der Waals surface area contributed by atoms with E-state index < -0.39 is 0 Å². The highest BCUT2D eigenvalue weighted by atomic mass is 16.5. The summed E-state index contributed by atoms with van der Waals surface area (Å²) in [5, 5.41) is 6.19. The van der Waals surface area contributed by atoms with Crippen molar-refractivity contribution in [1.82, 2.24) is 15.5 Å². The van der Waals surface area contributed by atoms with Crippen LogP contribution < -0.4 is 10.6 Å². The maximum absolute atomic E-state index is 11.9. The SMILES string of the molecule is CC(CNC(=O)C1CNCCO1)CN1CCCCC1. The maximum Gasteiger partial charge on any atom is 0.250 e. The van der Waals surface area contributed by atoms with Crippen LogP contribution in [0.1, 0.15) is 26.2 Å². The molecule has 110 valence electrons. The Labute approximate surface area is 116 Å². The van der Waals surface area contributed by atoms with E-state index >= 15 is 0 Å². The molecule has 2 unspecified atom stereocenters. The molecule has 0 aliphatic carbocycles. The fourth-order valence-corrected chi connectivity index (χ4v) is 2.77. The smallest absolute Gasteiger partial charge is 0.250 e. The van der Waals surface area contributed by atoms with E-state index in [0.29, 0.717) is 19.1 Å². The van der Waals surface area contributed by atoms with Crippen LogP contribution >= 0.6 is 0 Å². The quantitative estimate of drug-likeness (QED) is 0.749. The lowest BCUT2D eigenvalue weighted by atomic mass is 10.1. The molecule has 19 heavy (non-hydrogen) atoms. The van der Waals surface area contributed by atoms with Gasteiger partial charge in [-0.1, -0.05) is 13.3 Å². The van der Waals surface area contributed by atoms with Gasteiger partial charge in [-0.05, 0) is 31.8 Å². The topological polar surface area (TPSA) is 53.6 Å². The number of nitrogens with one attached hydrogen (secondary N) is 2. The van der Waals surface area contributed by atoms with Crippen LogP contribution in [-0.4, -0.2) is 62.8 Å². The lowest BCUT2D eigenvalue weighted by Crippen LogP contribution is -2.49. The average Bonchev–Trinajstić information content (AvgIpc) is 2.47. The Balaban J connectivity index is 1.61. The fourth-order valence-electron chi connectivity index (χ4n) is 2.77. The third-order valence-corrected chi connectivity index (χ3v) is 3.86. The second-order valence-corrected chi connectivity index (χ2v) is 5.78.